The molecule has 0 atom stereocenters. The van der Waals surface area contributed by atoms with E-state index in [9.17, 15) is 9.59 Å². The second-order valence-electron chi connectivity index (χ2n) is 7.42. The number of carbonyl (C=O) groups excluding carboxylic acids is 2. The zero-order valence-electron chi connectivity index (χ0n) is 17.4. The van der Waals surface area contributed by atoms with Crippen molar-refractivity contribution < 1.29 is 23.8 Å². The highest BCUT2D eigenvalue weighted by molar-refractivity contribution is 5.93. The number of esters is 1. The Bertz CT molecular complexity index is 810. The Morgan fingerprint density at radius 2 is 1.60 bits per heavy atom. The fourth-order valence-electron chi connectivity index (χ4n) is 3.41. The van der Waals surface area contributed by atoms with Gasteiger partial charge in [0.2, 0.25) is 5.91 Å². The second-order valence-corrected chi connectivity index (χ2v) is 7.42. The molecule has 1 amide bonds. The molecule has 3 rings (SSSR count). The topological polar surface area (TPSA) is 73.9 Å². The number of anilines is 1. The summed E-state index contributed by atoms with van der Waals surface area (Å²) in [5, 5.41) is 2.84. The lowest BCUT2D eigenvalue weighted by molar-refractivity contribution is -0.116. The molecule has 0 unspecified atom stereocenters. The highest BCUT2D eigenvalue weighted by Gasteiger charge is 2.18. The van der Waals surface area contributed by atoms with E-state index in [1.54, 1.807) is 31.4 Å². The number of ether oxygens (including phenoxy) is 3. The molecule has 2 aromatic carbocycles. The molecule has 1 saturated carbocycles. The molecule has 6 heteroatoms. The van der Waals surface area contributed by atoms with Gasteiger partial charge in [-0.05, 0) is 80.6 Å². The largest absolute Gasteiger partial charge is 0.497 e. The summed E-state index contributed by atoms with van der Waals surface area (Å²) >= 11 is 0. The predicted molar refractivity (Wildman–Crippen MR) is 115 cm³/mol. The molecule has 1 aliphatic rings. The predicted octanol–water partition coefficient (Wildman–Crippen LogP) is 4.98. The molecule has 160 valence electrons. The van der Waals surface area contributed by atoms with Crippen LogP contribution < -0.4 is 14.8 Å². The first-order valence-corrected chi connectivity index (χ1v) is 10.5. The minimum atomic E-state index is -0.296. The number of rotatable bonds is 9. The van der Waals surface area contributed by atoms with E-state index in [2.05, 4.69) is 5.32 Å². The molecule has 0 spiro atoms. The monoisotopic (exact) mass is 411 g/mol. The van der Waals surface area contributed by atoms with Crippen LogP contribution in [0, 0.1) is 0 Å². The van der Waals surface area contributed by atoms with Crippen molar-refractivity contribution in [1.82, 2.24) is 0 Å². The standard InChI is InChI=1S/C24H29NO5/c1-28-20-13-15-21(16-14-20)29-17-5-8-23(26)25-19-11-9-18(10-12-19)24(27)30-22-6-3-2-4-7-22/h9-16,22H,2-8,17H2,1H3,(H,25,26). The Morgan fingerprint density at radius 3 is 2.27 bits per heavy atom. The highest BCUT2D eigenvalue weighted by Crippen LogP contribution is 2.22. The maximum Gasteiger partial charge on any atom is 0.338 e. The normalized spacial score (nSPS) is 14.0. The van der Waals surface area contributed by atoms with Crippen molar-refractivity contribution in [2.75, 3.05) is 19.0 Å². The van der Waals surface area contributed by atoms with Gasteiger partial charge >= 0.3 is 5.97 Å². The van der Waals surface area contributed by atoms with E-state index in [-0.39, 0.29) is 18.0 Å². The Morgan fingerprint density at radius 1 is 0.933 bits per heavy atom. The van der Waals surface area contributed by atoms with Gasteiger partial charge in [-0.2, -0.15) is 0 Å². The molecule has 0 bridgehead atoms. The van der Waals surface area contributed by atoms with Crippen LogP contribution in [0.3, 0.4) is 0 Å². The fraction of sp³-hybridized carbons (Fsp3) is 0.417. The lowest BCUT2D eigenvalue weighted by Gasteiger charge is -2.21. The van der Waals surface area contributed by atoms with Crippen LogP contribution in [0.1, 0.15) is 55.3 Å². The van der Waals surface area contributed by atoms with Crippen molar-refractivity contribution in [3.8, 4) is 11.5 Å². The zero-order chi connectivity index (χ0) is 21.2. The van der Waals surface area contributed by atoms with E-state index >= 15 is 0 Å². The molecule has 1 aliphatic carbocycles. The van der Waals surface area contributed by atoms with Crippen LogP contribution >= 0.6 is 0 Å². The van der Waals surface area contributed by atoms with E-state index in [4.69, 9.17) is 14.2 Å². The molecule has 1 N–H and O–H groups in total. The molecule has 0 aliphatic heterocycles. The maximum atomic E-state index is 12.2. The Kier molecular flexibility index (Phi) is 8.12. The summed E-state index contributed by atoms with van der Waals surface area (Å²) < 4.78 is 16.3. The molecular weight excluding hydrogens is 382 g/mol. The number of nitrogens with one attached hydrogen (secondary N) is 1. The molecule has 30 heavy (non-hydrogen) atoms. The van der Waals surface area contributed by atoms with Gasteiger partial charge in [0.1, 0.15) is 17.6 Å². The van der Waals surface area contributed by atoms with Crippen LogP contribution in [0.2, 0.25) is 0 Å². The smallest absolute Gasteiger partial charge is 0.338 e. The van der Waals surface area contributed by atoms with Gasteiger partial charge in [0.15, 0.2) is 0 Å². The van der Waals surface area contributed by atoms with Crippen LogP contribution in [-0.4, -0.2) is 31.7 Å². The van der Waals surface area contributed by atoms with E-state index in [0.717, 1.165) is 37.2 Å². The van der Waals surface area contributed by atoms with Crippen LogP contribution in [0.4, 0.5) is 5.69 Å². The van der Waals surface area contributed by atoms with Gasteiger partial charge in [0, 0.05) is 12.1 Å². The third-order valence-electron chi connectivity index (χ3n) is 5.11. The molecule has 0 aromatic heterocycles. The van der Waals surface area contributed by atoms with Gasteiger partial charge < -0.3 is 19.5 Å². The number of carbonyl (C=O) groups is 2. The lowest BCUT2D eigenvalue weighted by atomic mass is 9.98. The minimum absolute atomic E-state index is 0.0331. The Labute approximate surface area is 177 Å². The van der Waals surface area contributed by atoms with Gasteiger partial charge in [-0.25, -0.2) is 4.79 Å². The SMILES string of the molecule is COc1ccc(OCCCC(=O)Nc2ccc(C(=O)OC3CCCCC3)cc2)cc1. The molecule has 1 fully saturated rings. The average Bonchev–Trinajstić information content (AvgIpc) is 2.78. The third kappa shape index (κ3) is 6.79. The summed E-state index contributed by atoms with van der Waals surface area (Å²) in [5.74, 6) is 1.13. The van der Waals surface area contributed by atoms with Gasteiger partial charge in [-0.1, -0.05) is 6.42 Å². The number of methoxy groups -OCH3 is 1. The lowest BCUT2D eigenvalue weighted by Crippen LogP contribution is -2.21. The van der Waals surface area contributed by atoms with Crippen molar-refractivity contribution in [3.05, 3.63) is 54.1 Å². The minimum Gasteiger partial charge on any atom is -0.497 e. The first-order valence-electron chi connectivity index (χ1n) is 10.5. The summed E-state index contributed by atoms with van der Waals surface area (Å²) in [6.45, 7) is 0.450. The van der Waals surface area contributed by atoms with E-state index in [1.165, 1.54) is 6.42 Å². The van der Waals surface area contributed by atoms with Crippen molar-refractivity contribution in [1.29, 1.82) is 0 Å². The average molecular weight is 411 g/mol. The summed E-state index contributed by atoms with van der Waals surface area (Å²) in [7, 11) is 1.62. The highest BCUT2D eigenvalue weighted by atomic mass is 16.5. The van der Waals surface area contributed by atoms with Gasteiger partial charge in [0.25, 0.3) is 0 Å². The molecule has 0 radical (unpaired) electrons. The summed E-state index contributed by atoms with van der Waals surface area (Å²) in [6.07, 6.45) is 6.33. The molecule has 0 saturated heterocycles. The van der Waals surface area contributed by atoms with Crippen LogP contribution in [0.5, 0.6) is 11.5 Å². The second kappa shape index (κ2) is 11.2. The van der Waals surface area contributed by atoms with Crippen LogP contribution in [-0.2, 0) is 9.53 Å². The zero-order valence-corrected chi connectivity index (χ0v) is 17.4. The summed E-state index contributed by atoms with van der Waals surface area (Å²) in [5.41, 5.74) is 1.16. The number of amides is 1. The van der Waals surface area contributed by atoms with Crippen molar-refractivity contribution >= 4 is 17.6 Å². The van der Waals surface area contributed by atoms with Gasteiger partial charge in [0.05, 0.1) is 19.3 Å². The Balaban J connectivity index is 1.36. The van der Waals surface area contributed by atoms with Crippen molar-refractivity contribution in [2.24, 2.45) is 0 Å². The van der Waals surface area contributed by atoms with E-state index < -0.39 is 0 Å². The first kappa shape index (κ1) is 21.7. The maximum absolute atomic E-state index is 12.2. The van der Waals surface area contributed by atoms with Gasteiger partial charge in [-0.3, -0.25) is 4.79 Å². The first-order chi connectivity index (χ1) is 14.6. The number of hydrogen-bond acceptors (Lipinski definition) is 5. The van der Waals surface area contributed by atoms with Gasteiger partial charge in [-0.15, -0.1) is 0 Å². The number of hydrogen-bond donors (Lipinski definition) is 1. The fourth-order valence-corrected chi connectivity index (χ4v) is 3.41. The van der Waals surface area contributed by atoms with E-state index in [1.807, 2.05) is 24.3 Å². The van der Waals surface area contributed by atoms with Crippen molar-refractivity contribution in [3.63, 3.8) is 0 Å². The third-order valence-corrected chi connectivity index (χ3v) is 5.11. The molecular formula is C24H29NO5. The molecule has 2 aromatic rings. The van der Waals surface area contributed by atoms with Crippen molar-refractivity contribution in [2.45, 2.75) is 51.0 Å². The quantitative estimate of drug-likeness (QED) is 0.465. The molecule has 6 nitrogen and oxygen atoms in total. The summed E-state index contributed by atoms with van der Waals surface area (Å²) in [6, 6.07) is 14.2. The molecule has 0 heterocycles. The number of benzene rings is 2. The Hall–Kier alpha value is -3.02. The van der Waals surface area contributed by atoms with E-state index in [0.29, 0.717) is 30.7 Å². The van der Waals surface area contributed by atoms with Crippen LogP contribution in [0.15, 0.2) is 48.5 Å². The summed E-state index contributed by atoms with van der Waals surface area (Å²) in [4.78, 5) is 24.4. The van der Waals surface area contributed by atoms with Crippen LogP contribution in [0.25, 0.3) is 0 Å².